The number of aromatic carboxylic acids is 1. The number of nitrogens with one attached hydrogen (secondary N) is 1. The molecule has 1 fully saturated rings. The van der Waals surface area contributed by atoms with Crippen molar-refractivity contribution in [2.24, 2.45) is 5.41 Å². The molecule has 20 heavy (non-hydrogen) atoms. The van der Waals surface area contributed by atoms with Gasteiger partial charge in [-0.05, 0) is 36.5 Å². The molecule has 0 amide bonds. The number of hydrogen-bond donors (Lipinski definition) is 2. The van der Waals surface area contributed by atoms with E-state index in [2.05, 4.69) is 4.72 Å². The van der Waals surface area contributed by atoms with Gasteiger partial charge in [0.25, 0.3) is 0 Å². The van der Waals surface area contributed by atoms with E-state index in [0.717, 1.165) is 18.9 Å². The summed E-state index contributed by atoms with van der Waals surface area (Å²) in [5.41, 5.74) is -0.136. The predicted molar refractivity (Wildman–Crippen MR) is 72.5 cm³/mol. The molecule has 1 aromatic carbocycles. The fourth-order valence-corrected chi connectivity index (χ4v) is 2.99. The van der Waals surface area contributed by atoms with Crippen LogP contribution in [0, 0.1) is 5.41 Å². The second kappa shape index (κ2) is 5.06. The van der Waals surface area contributed by atoms with Crippen molar-refractivity contribution in [3.8, 4) is 5.75 Å². The molecule has 0 spiro atoms. The summed E-state index contributed by atoms with van der Waals surface area (Å²) in [6.07, 6.45) is 2.00. The van der Waals surface area contributed by atoms with Crippen LogP contribution in [0.5, 0.6) is 5.75 Å². The van der Waals surface area contributed by atoms with E-state index in [-0.39, 0.29) is 21.6 Å². The van der Waals surface area contributed by atoms with Crippen molar-refractivity contribution in [1.29, 1.82) is 0 Å². The third kappa shape index (κ3) is 3.10. The fourth-order valence-electron chi connectivity index (χ4n) is 1.76. The van der Waals surface area contributed by atoms with E-state index in [1.54, 1.807) is 0 Å². The first-order valence-corrected chi connectivity index (χ1v) is 7.67. The van der Waals surface area contributed by atoms with Gasteiger partial charge in [-0.3, -0.25) is 0 Å². The first kappa shape index (κ1) is 14.8. The average Bonchev–Trinajstić information content (AvgIpc) is 3.14. The second-order valence-electron chi connectivity index (χ2n) is 5.30. The van der Waals surface area contributed by atoms with E-state index in [4.69, 9.17) is 9.84 Å². The molecule has 7 heteroatoms. The summed E-state index contributed by atoms with van der Waals surface area (Å²) in [6, 6.07) is 3.79. The monoisotopic (exact) mass is 299 g/mol. The van der Waals surface area contributed by atoms with E-state index < -0.39 is 16.0 Å². The van der Waals surface area contributed by atoms with Gasteiger partial charge >= 0.3 is 5.97 Å². The lowest BCUT2D eigenvalue weighted by Crippen LogP contribution is -2.29. The van der Waals surface area contributed by atoms with Crippen molar-refractivity contribution in [1.82, 2.24) is 4.72 Å². The molecule has 0 atom stereocenters. The maximum atomic E-state index is 12.1. The summed E-state index contributed by atoms with van der Waals surface area (Å²) in [6.45, 7) is 2.37. The predicted octanol–water partition coefficient (Wildman–Crippen LogP) is 1.47. The molecule has 0 heterocycles. The number of carboxylic acids is 1. The molecule has 0 saturated heterocycles. The number of hydrogen-bond acceptors (Lipinski definition) is 4. The number of ether oxygens (including phenoxy) is 1. The van der Waals surface area contributed by atoms with E-state index in [1.807, 2.05) is 6.92 Å². The Bertz CT molecular complexity index is 634. The van der Waals surface area contributed by atoms with Gasteiger partial charge in [-0.2, -0.15) is 0 Å². The minimum absolute atomic E-state index is 0.0369. The number of carbonyl (C=O) groups is 1. The summed E-state index contributed by atoms with van der Waals surface area (Å²) < 4.78 is 31.7. The summed E-state index contributed by atoms with van der Waals surface area (Å²) in [4.78, 5) is 11.0. The molecule has 0 aromatic heterocycles. The van der Waals surface area contributed by atoms with Crippen LogP contribution in [0.15, 0.2) is 23.1 Å². The van der Waals surface area contributed by atoms with E-state index in [1.165, 1.54) is 19.2 Å². The Morgan fingerprint density at radius 1 is 1.45 bits per heavy atom. The quantitative estimate of drug-likeness (QED) is 0.830. The Kier molecular flexibility index (Phi) is 3.75. The van der Waals surface area contributed by atoms with Gasteiger partial charge in [0, 0.05) is 6.54 Å². The third-order valence-corrected chi connectivity index (χ3v) is 4.90. The molecule has 0 unspecified atom stereocenters. The Hall–Kier alpha value is -1.60. The lowest BCUT2D eigenvalue weighted by Gasteiger charge is -2.12. The molecular weight excluding hydrogens is 282 g/mol. The van der Waals surface area contributed by atoms with Crippen molar-refractivity contribution >= 4 is 16.0 Å². The Morgan fingerprint density at radius 3 is 2.60 bits per heavy atom. The minimum Gasteiger partial charge on any atom is -0.496 e. The van der Waals surface area contributed by atoms with Crippen LogP contribution >= 0.6 is 0 Å². The average molecular weight is 299 g/mol. The molecule has 1 saturated carbocycles. The zero-order chi connectivity index (χ0) is 15.0. The topological polar surface area (TPSA) is 92.7 Å². The molecule has 2 N–H and O–H groups in total. The van der Waals surface area contributed by atoms with Gasteiger partial charge in [0.05, 0.1) is 12.0 Å². The van der Waals surface area contributed by atoms with Crippen LogP contribution in [0.2, 0.25) is 0 Å². The Balaban J connectivity index is 2.27. The smallest absolute Gasteiger partial charge is 0.339 e. The molecule has 1 aromatic rings. The zero-order valence-corrected chi connectivity index (χ0v) is 12.2. The van der Waals surface area contributed by atoms with Crippen LogP contribution in [0.25, 0.3) is 0 Å². The molecular formula is C13H17NO5S. The van der Waals surface area contributed by atoms with Gasteiger partial charge in [-0.15, -0.1) is 0 Å². The Morgan fingerprint density at radius 2 is 2.10 bits per heavy atom. The number of sulfonamides is 1. The highest BCUT2D eigenvalue weighted by Gasteiger charge is 2.38. The van der Waals surface area contributed by atoms with Crippen LogP contribution in [-0.2, 0) is 10.0 Å². The number of benzene rings is 1. The molecule has 110 valence electrons. The second-order valence-corrected chi connectivity index (χ2v) is 7.07. The van der Waals surface area contributed by atoms with Crippen molar-refractivity contribution < 1.29 is 23.1 Å². The molecule has 0 radical (unpaired) electrons. The van der Waals surface area contributed by atoms with Crippen molar-refractivity contribution in [3.63, 3.8) is 0 Å². The van der Waals surface area contributed by atoms with Crippen LogP contribution in [0.3, 0.4) is 0 Å². The highest BCUT2D eigenvalue weighted by Crippen LogP contribution is 2.44. The maximum Gasteiger partial charge on any atom is 0.339 e. The Labute approximate surface area is 117 Å². The van der Waals surface area contributed by atoms with E-state index >= 15 is 0 Å². The van der Waals surface area contributed by atoms with Gasteiger partial charge in [-0.1, -0.05) is 6.92 Å². The van der Waals surface area contributed by atoms with Gasteiger partial charge in [0.2, 0.25) is 10.0 Å². The van der Waals surface area contributed by atoms with Gasteiger partial charge in [0.1, 0.15) is 11.3 Å². The van der Waals surface area contributed by atoms with Gasteiger partial charge in [0.15, 0.2) is 0 Å². The van der Waals surface area contributed by atoms with Crippen molar-refractivity contribution in [3.05, 3.63) is 23.8 Å². The molecule has 6 nitrogen and oxygen atoms in total. The summed E-state index contributed by atoms with van der Waals surface area (Å²) in [7, 11) is -2.37. The van der Waals surface area contributed by atoms with E-state index in [0.29, 0.717) is 6.54 Å². The largest absolute Gasteiger partial charge is 0.496 e. The number of methoxy groups -OCH3 is 1. The van der Waals surface area contributed by atoms with Crippen LogP contribution < -0.4 is 9.46 Å². The SMILES string of the molecule is COc1ccc(S(=O)(=O)NCC2(C)CC2)cc1C(=O)O. The summed E-state index contributed by atoms with van der Waals surface area (Å²) in [5, 5.41) is 9.06. The summed E-state index contributed by atoms with van der Waals surface area (Å²) >= 11 is 0. The van der Waals surface area contributed by atoms with Crippen LogP contribution in [-0.4, -0.2) is 33.1 Å². The fraction of sp³-hybridized carbons (Fsp3) is 0.462. The zero-order valence-electron chi connectivity index (χ0n) is 11.3. The molecule has 0 bridgehead atoms. The normalized spacial score (nSPS) is 16.7. The minimum atomic E-state index is -3.70. The number of rotatable bonds is 6. The van der Waals surface area contributed by atoms with Gasteiger partial charge < -0.3 is 9.84 Å². The third-order valence-electron chi connectivity index (χ3n) is 3.50. The standard InChI is InChI=1S/C13H17NO5S/c1-13(5-6-13)8-14-20(17,18)9-3-4-11(19-2)10(7-9)12(15)16/h3-4,7,14H,5-6,8H2,1-2H3,(H,15,16). The van der Waals surface area contributed by atoms with Crippen LogP contribution in [0.4, 0.5) is 0 Å². The van der Waals surface area contributed by atoms with Crippen molar-refractivity contribution in [2.45, 2.75) is 24.7 Å². The van der Waals surface area contributed by atoms with Crippen molar-refractivity contribution in [2.75, 3.05) is 13.7 Å². The summed E-state index contributed by atoms with van der Waals surface area (Å²) in [5.74, 6) is -1.10. The highest BCUT2D eigenvalue weighted by molar-refractivity contribution is 7.89. The maximum absolute atomic E-state index is 12.1. The van der Waals surface area contributed by atoms with Crippen LogP contribution in [0.1, 0.15) is 30.1 Å². The first-order valence-electron chi connectivity index (χ1n) is 6.18. The van der Waals surface area contributed by atoms with Gasteiger partial charge in [-0.25, -0.2) is 17.9 Å². The molecule has 1 aliphatic rings. The lowest BCUT2D eigenvalue weighted by molar-refractivity contribution is 0.0693. The molecule has 2 rings (SSSR count). The lowest BCUT2D eigenvalue weighted by atomic mass is 10.2. The van der Waals surface area contributed by atoms with E-state index in [9.17, 15) is 13.2 Å². The first-order chi connectivity index (χ1) is 9.27. The molecule has 1 aliphatic carbocycles. The molecule has 0 aliphatic heterocycles. The number of carboxylic acid groups (broad SMARTS) is 1. The highest BCUT2D eigenvalue weighted by atomic mass is 32.2.